The summed E-state index contributed by atoms with van der Waals surface area (Å²) in [6, 6.07) is 7.31. The highest BCUT2D eigenvalue weighted by molar-refractivity contribution is 7.89. The van der Waals surface area contributed by atoms with Gasteiger partial charge in [0.25, 0.3) is 0 Å². The van der Waals surface area contributed by atoms with Crippen LogP contribution in [0.3, 0.4) is 0 Å². The van der Waals surface area contributed by atoms with Crippen LogP contribution in [0.15, 0.2) is 41.6 Å². The molecule has 0 bridgehead atoms. The lowest BCUT2D eigenvalue weighted by Crippen LogP contribution is -2.50. The first-order valence-corrected chi connectivity index (χ1v) is 12.8. The molecule has 0 spiro atoms. The maximum absolute atomic E-state index is 13.1. The summed E-state index contributed by atoms with van der Waals surface area (Å²) in [6.45, 7) is 1.35. The van der Waals surface area contributed by atoms with Crippen LogP contribution in [0.5, 0.6) is 0 Å². The van der Waals surface area contributed by atoms with Crippen LogP contribution in [0.2, 0.25) is 0 Å². The largest absolute Gasteiger partial charge is 0.340 e. The van der Waals surface area contributed by atoms with Crippen molar-refractivity contribution in [2.75, 3.05) is 26.2 Å². The monoisotopic (exact) mass is 475 g/mol. The Morgan fingerprint density at radius 3 is 2.33 bits per heavy atom. The summed E-state index contributed by atoms with van der Waals surface area (Å²) in [4.78, 5) is 24.6. The molecule has 2 heterocycles. The van der Waals surface area contributed by atoms with E-state index in [2.05, 4.69) is 5.10 Å². The van der Waals surface area contributed by atoms with Crippen molar-refractivity contribution >= 4 is 21.6 Å². The third kappa shape index (κ3) is 5.41. The Balaban J connectivity index is 1.29. The molecule has 178 valence electrons. The molecule has 1 aromatic heterocycles. The van der Waals surface area contributed by atoms with Crippen molar-refractivity contribution in [3.05, 3.63) is 52.3 Å². The Morgan fingerprint density at radius 2 is 1.73 bits per heavy atom. The number of rotatable bonds is 7. The van der Waals surface area contributed by atoms with Crippen molar-refractivity contribution in [1.29, 1.82) is 0 Å². The van der Waals surface area contributed by atoms with E-state index in [1.165, 1.54) is 52.9 Å². The van der Waals surface area contributed by atoms with Gasteiger partial charge in [0, 0.05) is 39.1 Å². The fourth-order valence-corrected chi connectivity index (χ4v) is 6.03. The molecule has 11 heteroatoms. The summed E-state index contributed by atoms with van der Waals surface area (Å²) >= 11 is 0. The van der Waals surface area contributed by atoms with Crippen LogP contribution in [0.4, 0.5) is 5.69 Å². The smallest absolute Gasteiger partial charge is 0.306 e. The predicted octanol–water partition coefficient (Wildman–Crippen LogP) is 2.76. The zero-order chi connectivity index (χ0) is 23.4. The van der Waals surface area contributed by atoms with Gasteiger partial charge < -0.3 is 4.90 Å². The topological polar surface area (TPSA) is 119 Å². The van der Waals surface area contributed by atoms with Crippen molar-refractivity contribution in [2.24, 2.45) is 0 Å². The van der Waals surface area contributed by atoms with E-state index in [0.29, 0.717) is 23.9 Å². The van der Waals surface area contributed by atoms with Gasteiger partial charge in [0.1, 0.15) is 12.4 Å². The quantitative estimate of drug-likeness (QED) is 0.449. The number of aryl methyl sites for hydroxylation is 1. The average molecular weight is 476 g/mol. The molecule has 1 aliphatic carbocycles. The molecular formula is C22H29N5O5S. The number of carbonyl (C=O) groups is 1. The van der Waals surface area contributed by atoms with Gasteiger partial charge in [-0.25, -0.2) is 8.42 Å². The third-order valence-electron chi connectivity index (χ3n) is 6.57. The Hall–Kier alpha value is -2.79. The van der Waals surface area contributed by atoms with E-state index < -0.39 is 14.9 Å². The molecule has 1 amide bonds. The van der Waals surface area contributed by atoms with Crippen LogP contribution in [-0.4, -0.2) is 64.4 Å². The number of hydrogen-bond acceptors (Lipinski definition) is 6. The molecule has 0 radical (unpaired) electrons. The molecular weight excluding hydrogens is 446 g/mol. The second-order valence-corrected chi connectivity index (χ2v) is 10.6. The van der Waals surface area contributed by atoms with Gasteiger partial charge in [0.05, 0.1) is 9.82 Å². The number of carbonyl (C=O) groups excluding carboxylic acids is 1. The number of aromatic nitrogens is 2. The summed E-state index contributed by atoms with van der Waals surface area (Å²) in [6.07, 6.45) is 8.66. The standard InChI is InChI=1S/C22H29N5O5S/c28-22(10-11-25-17-20(16-23-25)27(29)30)24-12-14-26(15-13-24)33(31,32)21-8-6-19(7-9-21)18-4-2-1-3-5-18/h6-9,16-18H,1-5,10-15H2. The third-order valence-corrected chi connectivity index (χ3v) is 8.48. The first-order chi connectivity index (χ1) is 15.8. The van der Waals surface area contributed by atoms with E-state index in [1.54, 1.807) is 17.0 Å². The Bertz CT molecular complexity index is 1080. The Labute approximate surface area is 193 Å². The maximum Gasteiger partial charge on any atom is 0.306 e. The van der Waals surface area contributed by atoms with Crippen molar-refractivity contribution in [3.63, 3.8) is 0 Å². The fraction of sp³-hybridized carbons (Fsp3) is 0.545. The van der Waals surface area contributed by atoms with Gasteiger partial charge in [-0.3, -0.25) is 19.6 Å². The molecule has 10 nitrogen and oxygen atoms in total. The number of benzene rings is 1. The fourth-order valence-electron chi connectivity index (χ4n) is 4.61. The van der Waals surface area contributed by atoms with E-state index in [-0.39, 0.29) is 37.6 Å². The highest BCUT2D eigenvalue weighted by Gasteiger charge is 2.30. The molecule has 2 aromatic rings. The van der Waals surface area contributed by atoms with E-state index in [9.17, 15) is 23.3 Å². The molecule has 1 saturated carbocycles. The Kier molecular flexibility index (Phi) is 7.08. The average Bonchev–Trinajstić information content (AvgIpc) is 3.33. The Morgan fingerprint density at radius 1 is 1.06 bits per heavy atom. The van der Waals surface area contributed by atoms with Crippen molar-refractivity contribution in [2.45, 2.75) is 55.9 Å². The van der Waals surface area contributed by atoms with Crippen LogP contribution in [0.1, 0.15) is 50.0 Å². The number of amides is 1. The molecule has 2 aliphatic rings. The number of nitrogens with zero attached hydrogens (tertiary/aromatic N) is 5. The summed E-state index contributed by atoms with van der Waals surface area (Å²) in [5.41, 5.74) is 1.10. The summed E-state index contributed by atoms with van der Waals surface area (Å²) in [7, 11) is -3.60. The van der Waals surface area contributed by atoms with Crippen LogP contribution in [-0.2, 0) is 21.4 Å². The first kappa shape index (κ1) is 23.4. The summed E-state index contributed by atoms with van der Waals surface area (Å²) in [5.74, 6) is 0.403. The van der Waals surface area contributed by atoms with Gasteiger partial charge in [-0.15, -0.1) is 0 Å². The predicted molar refractivity (Wildman–Crippen MR) is 121 cm³/mol. The zero-order valence-corrected chi connectivity index (χ0v) is 19.3. The molecule has 2 fully saturated rings. The van der Waals surface area contributed by atoms with Gasteiger partial charge in [-0.05, 0) is 36.5 Å². The molecule has 1 saturated heterocycles. The lowest BCUT2D eigenvalue weighted by Gasteiger charge is -2.34. The van der Waals surface area contributed by atoms with Crippen LogP contribution >= 0.6 is 0 Å². The lowest BCUT2D eigenvalue weighted by molar-refractivity contribution is -0.385. The second kappa shape index (κ2) is 10.0. The molecule has 4 rings (SSSR count). The molecule has 1 aliphatic heterocycles. The summed E-state index contributed by atoms with van der Waals surface area (Å²) < 4.78 is 29.0. The van der Waals surface area contributed by atoms with Crippen molar-refractivity contribution in [3.8, 4) is 0 Å². The minimum atomic E-state index is -3.60. The molecule has 0 N–H and O–H groups in total. The number of nitro groups is 1. The SMILES string of the molecule is O=C(CCn1cc([N+](=O)[O-])cn1)N1CCN(S(=O)(=O)c2ccc(C3CCCCC3)cc2)CC1. The van der Waals surface area contributed by atoms with E-state index >= 15 is 0 Å². The first-order valence-electron chi connectivity index (χ1n) is 11.4. The van der Waals surface area contributed by atoms with E-state index in [1.807, 2.05) is 12.1 Å². The van der Waals surface area contributed by atoms with Crippen LogP contribution < -0.4 is 0 Å². The van der Waals surface area contributed by atoms with Crippen LogP contribution in [0.25, 0.3) is 0 Å². The number of sulfonamides is 1. The highest BCUT2D eigenvalue weighted by Crippen LogP contribution is 2.33. The van der Waals surface area contributed by atoms with Gasteiger partial charge in [0.2, 0.25) is 15.9 Å². The van der Waals surface area contributed by atoms with E-state index in [4.69, 9.17) is 0 Å². The summed E-state index contributed by atoms with van der Waals surface area (Å²) in [5, 5.41) is 14.6. The minimum absolute atomic E-state index is 0.118. The van der Waals surface area contributed by atoms with Gasteiger partial charge in [0.15, 0.2) is 0 Å². The van der Waals surface area contributed by atoms with Crippen molar-refractivity contribution < 1.29 is 18.1 Å². The molecule has 1 aromatic carbocycles. The van der Waals surface area contributed by atoms with E-state index in [0.717, 1.165) is 6.20 Å². The molecule has 0 atom stereocenters. The lowest BCUT2D eigenvalue weighted by atomic mass is 9.84. The molecule has 0 unspecified atom stereocenters. The number of hydrogen-bond donors (Lipinski definition) is 0. The zero-order valence-electron chi connectivity index (χ0n) is 18.5. The second-order valence-electron chi connectivity index (χ2n) is 8.66. The van der Waals surface area contributed by atoms with Crippen LogP contribution in [0, 0.1) is 10.1 Å². The van der Waals surface area contributed by atoms with Gasteiger partial charge >= 0.3 is 5.69 Å². The van der Waals surface area contributed by atoms with Gasteiger partial charge in [-0.2, -0.15) is 9.40 Å². The highest BCUT2D eigenvalue weighted by atomic mass is 32.2. The van der Waals surface area contributed by atoms with Gasteiger partial charge in [-0.1, -0.05) is 31.4 Å². The molecule has 33 heavy (non-hydrogen) atoms. The van der Waals surface area contributed by atoms with Crippen molar-refractivity contribution in [1.82, 2.24) is 19.0 Å². The minimum Gasteiger partial charge on any atom is -0.340 e. The maximum atomic E-state index is 13.1. The normalized spacial score (nSPS) is 18.4. The number of piperazine rings is 1.